The number of hydrogen-bond acceptors (Lipinski definition) is 3. The fourth-order valence-electron chi connectivity index (χ4n) is 3.43. The molecule has 1 amide bonds. The molecule has 2 unspecified atom stereocenters. The van der Waals surface area contributed by atoms with Crippen molar-refractivity contribution in [3.63, 3.8) is 0 Å². The highest BCUT2D eigenvalue weighted by Gasteiger charge is 2.31. The van der Waals surface area contributed by atoms with Crippen LogP contribution in [0.1, 0.15) is 32.1 Å². The van der Waals surface area contributed by atoms with E-state index in [9.17, 15) is 4.79 Å². The fraction of sp³-hybridized carbons (Fsp3) is 0.929. The molecule has 1 heterocycles. The van der Waals surface area contributed by atoms with Crippen LogP contribution >= 0.6 is 0 Å². The molecule has 2 aliphatic rings. The summed E-state index contributed by atoms with van der Waals surface area (Å²) in [6, 6.07) is 0. The Kier molecular flexibility index (Phi) is 5.01. The van der Waals surface area contributed by atoms with Crippen molar-refractivity contribution in [1.82, 2.24) is 9.80 Å². The largest absolute Gasteiger partial charge is 0.345 e. The molecule has 18 heavy (non-hydrogen) atoms. The Morgan fingerprint density at radius 3 is 2.61 bits per heavy atom. The van der Waals surface area contributed by atoms with Gasteiger partial charge in [0.1, 0.15) is 0 Å². The molecule has 1 aliphatic heterocycles. The Balaban J connectivity index is 1.76. The Bertz CT molecular complexity index is 270. The highest BCUT2D eigenvalue weighted by molar-refractivity contribution is 5.77. The van der Waals surface area contributed by atoms with Gasteiger partial charge in [-0.15, -0.1) is 0 Å². The van der Waals surface area contributed by atoms with Crippen molar-refractivity contribution in [2.45, 2.75) is 32.1 Å². The molecule has 1 saturated heterocycles. The first-order chi connectivity index (χ1) is 8.69. The molecule has 4 nitrogen and oxygen atoms in total. The van der Waals surface area contributed by atoms with E-state index in [4.69, 9.17) is 5.73 Å². The van der Waals surface area contributed by atoms with Crippen molar-refractivity contribution < 1.29 is 4.79 Å². The van der Waals surface area contributed by atoms with Gasteiger partial charge in [0.25, 0.3) is 0 Å². The summed E-state index contributed by atoms with van der Waals surface area (Å²) in [6.07, 6.45) is 6.42. The lowest BCUT2D eigenvalue weighted by atomic mass is 9.78. The van der Waals surface area contributed by atoms with E-state index in [1.54, 1.807) is 0 Å². The highest BCUT2D eigenvalue weighted by atomic mass is 16.2. The number of likely N-dealkylation sites (tertiary alicyclic amines) is 1. The van der Waals surface area contributed by atoms with Crippen molar-refractivity contribution >= 4 is 5.91 Å². The van der Waals surface area contributed by atoms with Gasteiger partial charge in [0.2, 0.25) is 5.91 Å². The number of hydrogen-bond donors (Lipinski definition) is 1. The molecule has 2 bridgehead atoms. The molecule has 1 saturated carbocycles. The molecule has 0 radical (unpaired) electrons. The van der Waals surface area contributed by atoms with Gasteiger partial charge in [-0.3, -0.25) is 9.69 Å². The maximum absolute atomic E-state index is 12.1. The van der Waals surface area contributed by atoms with Gasteiger partial charge in [-0.1, -0.05) is 6.42 Å². The van der Waals surface area contributed by atoms with E-state index in [0.717, 1.165) is 37.9 Å². The summed E-state index contributed by atoms with van der Waals surface area (Å²) < 4.78 is 0. The number of nitrogens with two attached hydrogens (primary N) is 1. The summed E-state index contributed by atoms with van der Waals surface area (Å²) in [7, 11) is 1.89. The van der Waals surface area contributed by atoms with E-state index in [0.29, 0.717) is 13.1 Å². The van der Waals surface area contributed by atoms with E-state index in [2.05, 4.69) is 4.90 Å². The monoisotopic (exact) mass is 253 g/mol. The lowest BCUT2D eigenvalue weighted by Crippen LogP contribution is -2.47. The molecule has 2 atom stereocenters. The van der Waals surface area contributed by atoms with Crippen LogP contribution in [0, 0.1) is 11.8 Å². The third-order valence-electron chi connectivity index (χ3n) is 4.41. The van der Waals surface area contributed by atoms with Crippen molar-refractivity contribution in [3.05, 3.63) is 0 Å². The van der Waals surface area contributed by atoms with E-state index in [1.807, 2.05) is 11.9 Å². The van der Waals surface area contributed by atoms with Crippen molar-refractivity contribution in [2.24, 2.45) is 17.6 Å². The molecule has 2 rings (SSSR count). The number of carbonyl (C=O) groups excluding carboxylic acids is 1. The number of likely N-dealkylation sites (N-methyl/N-ethyl adjacent to an activating group) is 1. The second kappa shape index (κ2) is 6.53. The van der Waals surface area contributed by atoms with Crippen molar-refractivity contribution in [3.8, 4) is 0 Å². The normalized spacial score (nSPS) is 28.1. The smallest absolute Gasteiger partial charge is 0.236 e. The van der Waals surface area contributed by atoms with E-state index >= 15 is 0 Å². The van der Waals surface area contributed by atoms with E-state index in [-0.39, 0.29) is 5.91 Å². The summed E-state index contributed by atoms with van der Waals surface area (Å²) >= 11 is 0. The summed E-state index contributed by atoms with van der Waals surface area (Å²) in [4.78, 5) is 16.3. The van der Waals surface area contributed by atoms with Gasteiger partial charge < -0.3 is 10.6 Å². The molecule has 2 N–H and O–H groups in total. The van der Waals surface area contributed by atoms with Crippen LogP contribution in [0.5, 0.6) is 0 Å². The molecule has 4 heteroatoms. The standard InChI is InChI=1S/C14H27N3O/c1-16(7-3-6-15)14(18)11-17-9-12-4-2-5-13(8-12)10-17/h12-13H,2-11,15H2,1H3. The SMILES string of the molecule is CN(CCCN)C(=O)CN1CC2CCCC(C2)C1. The van der Waals surface area contributed by atoms with Gasteiger partial charge in [0, 0.05) is 26.7 Å². The maximum atomic E-state index is 12.1. The lowest BCUT2D eigenvalue weighted by molar-refractivity contribution is -0.132. The van der Waals surface area contributed by atoms with Crippen LogP contribution < -0.4 is 5.73 Å². The first-order valence-corrected chi connectivity index (χ1v) is 7.35. The van der Waals surface area contributed by atoms with Crippen LogP contribution in [-0.2, 0) is 4.79 Å². The second-order valence-corrected chi connectivity index (χ2v) is 6.05. The average molecular weight is 253 g/mol. The Labute approximate surface area is 110 Å². The summed E-state index contributed by atoms with van der Waals surface area (Å²) in [5.41, 5.74) is 5.47. The molecule has 2 fully saturated rings. The van der Waals surface area contributed by atoms with Gasteiger partial charge >= 0.3 is 0 Å². The molecule has 0 aromatic heterocycles. The molecule has 0 spiro atoms. The molecule has 104 valence electrons. The van der Waals surface area contributed by atoms with Gasteiger partial charge in [0.05, 0.1) is 6.54 Å². The Hall–Kier alpha value is -0.610. The van der Waals surface area contributed by atoms with Gasteiger partial charge in [-0.05, 0) is 44.1 Å². The minimum atomic E-state index is 0.253. The number of nitrogens with zero attached hydrogens (tertiary/aromatic N) is 2. The van der Waals surface area contributed by atoms with E-state index in [1.165, 1.54) is 25.7 Å². The van der Waals surface area contributed by atoms with Crippen LogP contribution in [0.4, 0.5) is 0 Å². The van der Waals surface area contributed by atoms with E-state index < -0.39 is 0 Å². The molecule has 0 aromatic carbocycles. The summed E-state index contributed by atoms with van der Waals surface area (Å²) in [5, 5.41) is 0. The maximum Gasteiger partial charge on any atom is 0.236 e. The predicted octanol–water partition coefficient (Wildman–Crippen LogP) is 0.916. The highest BCUT2D eigenvalue weighted by Crippen LogP contribution is 2.34. The zero-order valence-electron chi connectivity index (χ0n) is 11.6. The molecular formula is C14H27N3O. The van der Waals surface area contributed by atoms with Crippen molar-refractivity contribution in [1.29, 1.82) is 0 Å². The number of rotatable bonds is 5. The average Bonchev–Trinajstić information content (AvgIpc) is 2.35. The molecule has 1 aliphatic carbocycles. The fourth-order valence-corrected chi connectivity index (χ4v) is 3.43. The zero-order chi connectivity index (χ0) is 13.0. The minimum Gasteiger partial charge on any atom is -0.345 e. The number of amides is 1. The predicted molar refractivity (Wildman–Crippen MR) is 73.2 cm³/mol. The van der Waals surface area contributed by atoms with Crippen molar-refractivity contribution in [2.75, 3.05) is 39.8 Å². The molecule has 0 aromatic rings. The van der Waals surface area contributed by atoms with Crippen LogP contribution in [0.25, 0.3) is 0 Å². The number of carbonyl (C=O) groups is 1. The van der Waals surface area contributed by atoms with Crippen LogP contribution in [0.2, 0.25) is 0 Å². The molecular weight excluding hydrogens is 226 g/mol. The van der Waals surface area contributed by atoms with Gasteiger partial charge in [-0.25, -0.2) is 0 Å². The third-order valence-corrected chi connectivity index (χ3v) is 4.41. The Morgan fingerprint density at radius 1 is 1.33 bits per heavy atom. The summed E-state index contributed by atoms with van der Waals surface area (Å²) in [6.45, 7) is 4.32. The first kappa shape index (κ1) is 13.8. The van der Waals surface area contributed by atoms with Crippen LogP contribution in [0.15, 0.2) is 0 Å². The van der Waals surface area contributed by atoms with Gasteiger partial charge in [0.15, 0.2) is 0 Å². The van der Waals surface area contributed by atoms with Crippen LogP contribution in [-0.4, -0.2) is 55.5 Å². The summed E-state index contributed by atoms with van der Waals surface area (Å²) in [5.74, 6) is 1.95. The lowest BCUT2D eigenvalue weighted by Gasteiger charge is -2.41. The van der Waals surface area contributed by atoms with Gasteiger partial charge in [-0.2, -0.15) is 0 Å². The minimum absolute atomic E-state index is 0.253. The number of fused-ring (bicyclic) bond motifs is 2. The quantitative estimate of drug-likeness (QED) is 0.792. The zero-order valence-corrected chi connectivity index (χ0v) is 11.6. The topological polar surface area (TPSA) is 49.6 Å². The first-order valence-electron chi connectivity index (χ1n) is 7.35. The third kappa shape index (κ3) is 3.69. The second-order valence-electron chi connectivity index (χ2n) is 6.05. The Morgan fingerprint density at radius 2 is 2.00 bits per heavy atom. The van der Waals surface area contributed by atoms with Crippen LogP contribution in [0.3, 0.4) is 0 Å². The number of piperidine rings is 1.